The van der Waals surface area contributed by atoms with Gasteiger partial charge in [0.25, 0.3) is 0 Å². The Kier molecular flexibility index (Phi) is 7.13. The van der Waals surface area contributed by atoms with E-state index in [9.17, 15) is 8.42 Å². The standard InChI is InChI=1S/C24H35NO4SSi/c1-19-12-14-21(15-13-19)30(26,27)25-22(17-28-16-20-10-8-7-9-11-20)23(25)18-29-31(5,6)24(2,3)4/h7-15,22-23H,16-18H2,1-6H3/t22-,23+,25?/m0/s1. The monoisotopic (exact) mass is 461 g/mol. The van der Waals surface area contributed by atoms with Crippen molar-refractivity contribution in [2.45, 2.75) is 69.4 Å². The zero-order valence-corrected chi connectivity index (χ0v) is 21.3. The van der Waals surface area contributed by atoms with Gasteiger partial charge in [-0.15, -0.1) is 0 Å². The summed E-state index contributed by atoms with van der Waals surface area (Å²) in [5, 5.41) is 0.0713. The van der Waals surface area contributed by atoms with Gasteiger partial charge >= 0.3 is 0 Å². The third kappa shape index (κ3) is 5.65. The van der Waals surface area contributed by atoms with Crippen molar-refractivity contribution in [2.24, 2.45) is 0 Å². The van der Waals surface area contributed by atoms with Crippen LogP contribution in [0.4, 0.5) is 0 Å². The highest BCUT2D eigenvalue weighted by Gasteiger charge is 2.56. The molecule has 170 valence electrons. The van der Waals surface area contributed by atoms with Crippen molar-refractivity contribution in [2.75, 3.05) is 13.2 Å². The summed E-state index contributed by atoms with van der Waals surface area (Å²) in [4.78, 5) is 0.320. The van der Waals surface area contributed by atoms with Crippen molar-refractivity contribution in [1.82, 2.24) is 4.31 Å². The van der Waals surface area contributed by atoms with E-state index in [4.69, 9.17) is 9.16 Å². The summed E-state index contributed by atoms with van der Waals surface area (Å²) >= 11 is 0. The number of ether oxygens (including phenoxy) is 1. The van der Waals surface area contributed by atoms with Gasteiger partial charge in [0.1, 0.15) is 0 Å². The predicted octanol–water partition coefficient (Wildman–Crippen LogP) is 4.98. The van der Waals surface area contributed by atoms with Crippen molar-refractivity contribution in [3.05, 3.63) is 65.7 Å². The summed E-state index contributed by atoms with van der Waals surface area (Å²) in [5.74, 6) is 0. The van der Waals surface area contributed by atoms with E-state index >= 15 is 0 Å². The minimum absolute atomic E-state index is 0.0713. The summed E-state index contributed by atoms with van der Waals surface area (Å²) < 4.78 is 40.5. The van der Waals surface area contributed by atoms with Gasteiger partial charge in [-0.3, -0.25) is 0 Å². The van der Waals surface area contributed by atoms with E-state index in [1.165, 1.54) is 0 Å². The minimum Gasteiger partial charge on any atom is -0.415 e. The Morgan fingerprint density at radius 3 is 2.10 bits per heavy atom. The molecular weight excluding hydrogens is 426 g/mol. The molecule has 5 nitrogen and oxygen atoms in total. The maximum Gasteiger partial charge on any atom is 0.243 e. The molecule has 0 radical (unpaired) electrons. The lowest BCUT2D eigenvalue weighted by atomic mass is 10.2. The summed E-state index contributed by atoms with van der Waals surface area (Å²) in [6, 6.07) is 16.5. The lowest BCUT2D eigenvalue weighted by Gasteiger charge is -2.36. The first-order valence-electron chi connectivity index (χ1n) is 10.8. The number of rotatable bonds is 9. The van der Waals surface area contributed by atoms with E-state index in [0.717, 1.165) is 11.1 Å². The highest BCUT2D eigenvalue weighted by atomic mass is 32.2. The van der Waals surface area contributed by atoms with Gasteiger partial charge in [-0.1, -0.05) is 68.8 Å². The van der Waals surface area contributed by atoms with Crippen LogP contribution in [0.5, 0.6) is 0 Å². The SMILES string of the molecule is Cc1ccc(S(=O)(=O)N2[C@H](CO[Si](C)(C)C(C)(C)C)[C@@H]2COCc2ccccc2)cc1. The van der Waals surface area contributed by atoms with Crippen LogP contribution < -0.4 is 0 Å². The largest absolute Gasteiger partial charge is 0.415 e. The van der Waals surface area contributed by atoms with E-state index in [-0.39, 0.29) is 17.1 Å². The topological polar surface area (TPSA) is 55.6 Å². The third-order valence-corrected chi connectivity index (χ3v) is 12.9. The molecule has 1 fully saturated rings. The Morgan fingerprint density at radius 1 is 0.935 bits per heavy atom. The first-order chi connectivity index (χ1) is 14.4. The molecule has 1 aliphatic rings. The van der Waals surface area contributed by atoms with Crippen LogP contribution in [0.2, 0.25) is 18.1 Å². The fourth-order valence-corrected chi connectivity index (χ4v) is 6.05. The second-order valence-corrected chi connectivity index (χ2v) is 16.5. The Morgan fingerprint density at radius 2 is 1.52 bits per heavy atom. The minimum atomic E-state index is -3.59. The average molecular weight is 462 g/mol. The number of nitrogens with zero attached hydrogens (tertiary/aromatic N) is 1. The maximum atomic E-state index is 13.3. The number of sulfonamides is 1. The number of benzene rings is 2. The fraction of sp³-hybridized carbons (Fsp3) is 0.500. The first-order valence-corrected chi connectivity index (χ1v) is 15.1. The summed E-state index contributed by atoms with van der Waals surface area (Å²) in [7, 11) is -5.57. The van der Waals surface area contributed by atoms with Crippen molar-refractivity contribution < 1.29 is 17.6 Å². The Hall–Kier alpha value is -1.51. The molecule has 2 aromatic rings. The van der Waals surface area contributed by atoms with Crippen LogP contribution >= 0.6 is 0 Å². The summed E-state index contributed by atoms with van der Waals surface area (Å²) in [5.41, 5.74) is 2.11. The Labute approximate surface area is 188 Å². The second-order valence-electron chi connectivity index (χ2n) is 9.85. The van der Waals surface area contributed by atoms with E-state index in [1.54, 1.807) is 16.4 Å². The number of hydrogen-bond donors (Lipinski definition) is 0. The normalized spacial score (nSPS) is 21.8. The third-order valence-electron chi connectivity index (χ3n) is 6.43. The van der Waals surface area contributed by atoms with Gasteiger partial charge in [-0.25, -0.2) is 8.42 Å². The van der Waals surface area contributed by atoms with Crippen LogP contribution in [0.25, 0.3) is 0 Å². The van der Waals surface area contributed by atoms with Crippen molar-refractivity contribution in [3.8, 4) is 0 Å². The molecule has 0 bridgehead atoms. The van der Waals surface area contributed by atoms with Gasteiger partial charge < -0.3 is 9.16 Å². The molecule has 1 saturated heterocycles. The molecule has 31 heavy (non-hydrogen) atoms. The van der Waals surface area contributed by atoms with Crippen molar-refractivity contribution in [3.63, 3.8) is 0 Å². The molecular formula is C24H35NO4SSi. The van der Waals surface area contributed by atoms with Crippen LogP contribution in [0.15, 0.2) is 59.5 Å². The molecule has 1 heterocycles. The molecule has 0 amide bonds. The molecule has 2 aromatic carbocycles. The predicted molar refractivity (Wildman–Crippen MR) is 127 cm³/mol. The van der Waals surface area contributed by atoms with Crippen molar-refractivity contribution in [1.29, 1.82) is 0 Å². The van der Waals surface area contributed by atoms with E-state index in [0.29, 0.717) is 24.7 Å². The highest BCUT2D eigenvalue weighted by molar-refractivity contribution is 7.89. The maximum absolute atomic E-state index is 13.3. The Balaban J connectivity index is 1.72. The number of aryl methyl sites for hydroxylation is 1. The van der Waals surface area contributed by atoms with E-state index < -0.39 is 18.3 Å². The van der Waals surface area contributed by atoms with Crippen LogP contribution in [0.1, 0.15) is 31.9 Å². The average Bonchev–Trinajstić information content (AvgIpc) is 3.40. The molecule has 3 rings (SSSR count). The zero-order chi connectivity index (χ0) is 22.9. The molecule has 0 aliphatic carbocycles. The van der Waals surface area contributed by atoms with Gasteiger partial charge in [-0.05, 0) is 42.8 Å². The zero-order valence-electron chi connectivity index (χ0n) is 19.5. The Bertz CT molecular complexity index is 969. The summed E-state index contributed by atoms with van der Waals surface area (Å²) in [6.07, 6.45) is 0. The van der Waals surface area contributed by atoms with E-state index in [2.05, 4.69) is 33.9 Å². The smallest absolute Gasteiger partial charge is 0.243 e. The first kappa shape index (κ1) is 24.1. The molecule has 0 spiro atoms. The fourth-order valence-electron chi connectivity index (χ4n) is 3.25. The van der Waals surface area contributed by atoms with Crippen LogP contribution in [0, 0.1) is 6.92 Å². The van der Waals surface area contributed by atoms with Crippen LogP contribution in [-0.2, 0) is 25.8 Å². The van der Waals surface area contributed by atoms with Crippen molar-refractivity contribution >= 4 is 18.3 Å². The van der Waals surface area contributed by atoms with Crippen LogP contribution in [0.3, 0.4) is 0 Å². The molecule has 0 N–H and O–H groups in total. The lowest BCUT2D eigenvalue weighted by molar-refractivity contribution is 0.117. The second kappa shape index (κ2) is 9.15. The van der Waals surface area contributed by atoms with E-state index in [1.807, 2.05) is 49.4 Å². The molecule has 1 unspecified atom stereocenters. The van der Waals surface area contributed by atoms with Gasteiger partial charge in [0.15, 0.2) is 8.32 Å². The van der Waals surface area contributed by atoms with Crippen LogP contribution in [-0.4, -0.2) is 46.3 Å². The molecule has 0 saturated carbocycles. The summed E-state index contributed by atoms with van der Waals surface area (Å²) in [6.45, 7) is 14.1. The van der Waals surface area contributed by atoms with Gasteiger partial charge in [0.05, 0.1) is 36.8 Å². The lowest BCUT2D eigenvalue weighted by Crippen LogP contribution is -2.42. The molecule has 3 atom stereocenters. The molecule has 1 aliphatic heterocycles. The van der Waals surface area contributed by atoms with Gasteiger partial charge in [-0.2, -0.15) is 4.31 Å². The van der Waals surface area contributed by atoms with Gasteiger partial charge in [0.2, 0.25) is 10.0 Å². The molecule has 7 heteroatoms. The molecule has 0 aromatic heterocycles. The number of hydrogen-bond acceptors (Lipinski definition) is 4. The van der Waals surface area contributed by atoms with Gasteiger partial charge in [0, 0.05) is 0 Å². The highest BCUT2D eigenvalue weighted by Crippen LogP contribution is 2.40. The quantitative estimate of drug-likeness (QED) is 0.391.